The molecule has 1 saturated heterocycles. The first-order valence-corrected chi connectivity index (χ1v) is 10.9. The zero-order valence-electron chi connectivity index (χ0n) is 18.9. The Morgan fingerprint density at radius 2 is 1.62 bits per heavy atom. The van der Waals surface area contributed by atoms with Crippen LogP contribution in [0.3, 0.4) is 0 Å². The number of carbonyl (C=O) groups is 3. The van der Waals surface area contributed by atoms with Crippen molar-refractivity contribution in [3.63, 3.8) is 0 Å². The first kappa shape index (κ1) is 23.4. The van der Waals surface area contributed by atoms with Gasteiger partial charge in [-0.25, -0.2) is 4.39 Å². The summed E-state index contributed by atoms with van der Waals surface area (Å²) >= 11 is 0. The van der Waals surface area contributed by atoms with Crippen LogP contribution in [0.25, 0.3) is 0 Å². The summed E-state index contributed by atoms with van der Waals surface area (Å²) in [6.07, 6.45) is 1.49. The molecular formula is C25H30FN3O3. The SMILES string of the molecule is CCN(Cc1ccc(C(=O)N(C)C)cc1)C(=O)C1CCCN(C(=O)c2ccc(F)cc2)C1. The van der Waals surface area contributed by atoms with Crippen molar-refractivity contribution in [2.75, 3.05) is 33.7 Å². The molecule has 0 aromatic heterocycles. The summed E-state index contributed by atoms with van der Waals surface area (Å²) in [5.41, 5.74) is 1.99. The van der Waals surface area contributed by atoms with Crippen molar-refractivity contribution < 1.29 is 18.8 Å². The molecule has 32 heavy (non-hydrogen) atoms. The van der Waals surface area contributed by atoms with Crippen LogP contribution < -0.4 is 0 Å². The predicted octanol–water partition coefficient (Wildman–Crippen LogP) is 3.43. The first-order valence-electron chi connectivity index (χ1n) is 10.9. The summed E-state index contributed by atoms with van der Waals surface area (Å²) in [5, 5.41) is 0. The molecule has 2 aromatic rings. The lowest BCUT2D eigenvalue weighted by Crippen LogP contribution is -2.46. The quantitative estimate of drug-likeness (QED) is 0.693. The van der Waals surface area contributed by atoms with Crippen LogP contribution in [0, 0.1) is 11.7 Å². The minimum absolute atomic E-state index is 0.0255. The van der Waals surface area contributed by atoms with Crippen LogP contribution in [0.15, 0.2) is 48.5 Å². The lowest BCUT2D eigenvalue weighted by molar-refractivity contribution is -0.137. The van der Waals surface area contributed by atoms with Crippen LogP contribution in [0.1, 0.15) is 46.0 Å². The third kappa shape index (κ3) is 5.52. The minimum atomic E-state index is -0.383. The number of nitrogens with zero attached hydrogens (tertiary/aromatic N) is 3. The highest BCUT2D eigenvalue weighted by molar-refractivity contribution is 5.95. The molecule has 1 aliphatic rings. The molecule has 1 fully saturated rings. The van der Waals surface area contributed by atoms with Crippen molar-refractivity contribution in [1.82, 2.24) is 14.7 Å². The van der Waals surface area contributed by atoms with Gasteiger partial charge in [-0.05, 0) is 61.7 Å². The van der Waals surface area contributed by atoms with Gasteiger partial charge in [0.15, 0.2) is 0 Å². The van der Waals surface area contributed by atoms with Gasteiger partial charge in [0.05, 0.1) is 5.92 Å². The van der Waals surface area contributed by atoms with Crippen molar-refractivity contribution in [3.8, 4) is 0 Å². The number of benzene rings is 2. The fourth-order valence-corrected chi connectivity index (χ4v) is 3.97. The van der Waals surface area contributed by atoms with E-state index < -0.39 is 0 Å². The van der Waals surface area contributed by atoms with Crippen molar-refractivity contribution in [2.45, 2.75) is 26.3 Å². The summed E-state index contributed by atoms with van der Waals surface area (Å²) in [6.45, 7) is 3.90. The van der Waals surface area contributed by atoms with Crippen LogP contribution in [0.4, 0.5) is 4.39 Å². The molecule has 0 saturated carbocycles. The Morgan fingerprint density at radius 3 is 2.22 bits per heavy atom. The number of piperidine rings is 1. The number of carbonyl (C=O) groups excluding carboxylic acids is 3. The predicted molar refractivity (Wildman–Crippen MR) is 121 cm³/mol. The van der Waals surface area contributed by atoms with Crippen LogP contribution in [0.2, 0.25) is 0 Å². The molecule has 3 rings (SSSR count). The number of amides is 3. The number of likely N-dealkylation sites (tertiary alicyclic amines) is 1. The number of hydrogen-bond acceptors (Lipinski definition) is 3. The summed E-state index contributed by atoms with van der Waals surface area (Å²) in [6, 6.07) is 12.8. The minimum Gasteiger partial charge on any atom is -0.345 e. The lowest BCUT2D eigenvalue weighted by atomic mass is 9.95. The molecule has 0 N–H and O–H groups in total. The van der Waals surface area contributed by atoms with E-state index >= 15 is 0 Å². The van der Waals surface area contributed by atoms with Gasteiger partial charge in [0.25, 0.3) is 11.8 Å². The second-order valence-electron chi connectivity index (χ2n) is 8.35. The number of hydrogen-bond donors (Lipinski definition) is 0. The molecule has 1 atom stereocenters. The van der Waals surface area contributed by atoms with Crippen LogP contribution in [-0.4, -0.2) is 66.2 Å². The molecular weight excluding hydrogens is 409 g/mol. The normalized spacial score (nSPS) is 15.9. The fourth-order valence-electron chi connectivity index (χ4n) is 3.97. The Balaban J connectivity index is 1.64. The lowest BCUT2D eigenvalue weighted by Gasteiger charge is -2.35. The van der Waals surface area contributed by atoms with Crippen molar-refractivity contribution in [3.05, 3.63) is 71.0 Å². The van der Waals surface area contributed by atoms with E-state index in [9.17, 15) is 18.8 Å². The van der Waals surface area contributed by atoms with E-state index in [1.165, 1.54) is 29.2 Å². The van der Waals surface area contributed by atoms with Crippen LogP contribution >= 0.6 is 0 Å². The van der Waals surface area contributed by atoms with Gasteiger partial charge in [-0.1, -0.05) is 12.1 Å². The summed E-state index contributed by atoms with van der Waals surface area (Å²) in [4.78, 5) is 43.1. The zero-order chi connectivity index (χ0) is 23.3. The van der Waals surface area contributed by atoms with Crippen molar-refractivity contribution in [1.29, 1.82) is 0 Å². The van der Waals surface area contributed by atoms with E-state index in [0.29, 0.717) is 37.3 Å². The number of rotatable bonds is 6. The fraction of sp³-hybridized carbons (Fsp3) is 0.400. The number of halogens is 1. The standard InChI is InChI=1S/C25H30FN3O3/c1-4-28(16-18-7-9-19(10-8-18)23(30)27(2)3)25(32)21-6-5-15-29(17-21)24(31)20-11-13-22(26)14-12-20/h7-14,21H,4-6,15-17H2,1-3H3. The highest BCUT2D eigenvalue weighted by Crippen LogP contribution is 2.22. The Morgan fingerprint density at radius 1 is 1.00 bits per heavy atom. The maximum atomic E-state index is 13.2. The molecule has 2 aromatic carbocycles. The molecule has 0 bridgehead atoms. The Hall–Kier alpha value is -3.22. The van der Waals surface area contributed by atoms with E-state index in [2.05, 4.69) is 0 Å². The van der Waals surface area contributed by atoms with Gasteiger partial charge in [0.2, 0.25) is 5.91 Å². The van der Waals surface area contributed by atoms with E-state index in [-0.39, 0.29) is 29.5 Å². The first-order chi connectivity index (χ1) is 15.3. The smallest absolute Gasteiger partial charge is 0.253 e. The van der Waals surface area contributed by atoms with Gasteiger partial charge < -0.3 is 14.7 Å². The van der Waals surface area contributed by atoms with Gasteiger partial charge in [0, 0.05) is 51.4 Å². The Labute approximate surface area is 188 Å². The Bertz CT molecular complexity index is 957. The molecule has 1 aliphatic heterocycles. The molecule has 0 radical (unpaired) electrons. The monoisotopic (exact) mass is 439 g/mol. The Kier molecular flexibility index (Phi) is 7.62. The molecule has 6 nitrogen and oxygen atoms in total. The van der Waals surface area contributed by atoms with E-state index in [1.807, 2.05) is 19.1 Å². The largest absolute Gasteiger partial charge is 0.345 e. The van der Waals surface area contributed by atoms with E-state index in [0.717, 1.165) is 18.4 Å². The van der Waals surface area contributed by atoms with Crippen LogP contribution in [-0.2, 0) is 11.3 Å². The average Bonchev–Trinajstić information content (AvgIpc) is 2.82. The molecule has 0 spiro atoms. The van der Waals surface area contributed by atoms with Gasteiger partial charge in [-0.2, -0.15) is 0 Å². The van der Waals surface area contributed by atoms with Crippen molar-refractivity contribution in [2.24, 2.45) is 5.92 Å². The van der Waals surface area contributed by atoms with Crippen LogP contribution in [0.5, 0.6) is 0 Å². The molecule has 3 amide bonds. The second kappa shape index (κ2) is 10.4. The molecule has 170 valence electrons. The third-order valence-electron chi connectivity index (χ3n) is 5.82. The third-order valence-corrected chi connectivity index (χ3v) is 5.82. The molecule has 1 heterocycles. The molecule has 0 aliphatic carbocycles. The topological polar surface area (TPSA) is 60.9 Å². The van der Waals surface area contributed by atoms with Gasteiger partial charge in [-0.3, -0.25) is 14.4 Å². The molecule has 7 heteroatoms. The summed E-state index contributed by atoms with van der Waals surface area (Å²) < 4.78 is 13.2. The average molecular weight is 440 g/mol. The van der Waals surface area contributed by atoms with Gasteiger partial charge in [-0.15, -0.1) is 0 Å². The van der Waals surface area contributed by atoms with E-state index in [4.69, 9.17) is 0 Å². The summed E-state index contributed by atoms with van der Waals surface area (Å²) in [5.74, 6) is -0.856. The van der Waals surface area contributed by atoms with Crippen molar-refractivity contribution >= 4 is 17.7 Å². The van der Waals surface area contributed by atoms with E-state index in [1.54, 1.807) is 36.0 Å². The van der Waals surface area contributed by atoms with Gasteiger partial charge >= 0.3 is 0 Å². The highest BCUT2D eigenvalue weighted by Gasteiger charge is 2.31. The maximum Gasteiger partial charge on any atom is 0.253 e. The summed E-state index contributed by atoms with van der Waals surface area (Å²) in [7, 11) is 3.42. The maximum absolute atomic E-state index is 13.2. The zero-order valence-corrected chi connectivity index (χ0v) is 18.9. The van der Waals surface area contributed by atoms with Gasteiger partial charge in [0.1, 0.15) is 5.82 Å². The highest BCUT2D eigenvalue weighted by atomic mass is 19.1. The molecule has 1 unspecified atom stereocenters. The second-order valence-corrected chi connectivity index (χ2v) is 8.35.